The van der Waals surface area contributed by atoms with Gasteiger partial charge in [0.25, 0.3) is 0 Å². The fourth-order valence-corrected chi connectivity index (χ4v) is 2.63. The smallest absolute Gasteiger partial charge is 0.0649 e. The minimum absolute atomic E-state index is 0. The normalized spacial score (nSPS) is 11.6. The molecule has 8 radical (unpaired) electrons. The minimum atomic E-state index is 0. The van der Waals surface area contributed by atoms with Crippen LogP contribution in [0, 0.1) is 24.3 Å². The molecular weight excluding hydrogens is 574 g/mol. The molecule has 0 unspecified atom stereocenters. The fourth-order valence-electron chi connectivity index (χ4n) is 2.63. The van der Waals surface area contributed by atoms with E-state index in [0.717, 1.165) is 51.4 Å². The minimum Gasteiger partial charge on any atom is -0.166 e. The zero-order valence-electron chi connectivity index (χ0n) is 19.2. The van der Waals surface area contributed by atoms with Crippen molar-refractivity contribution >= 4 is 47.8 Å². The monoisotopic (exact) mass is 624 g/mol. The van der Waals surface area contributed by atoms with Crippen molar-refractivity contribution in [1.29, 1.82) is 0 Å². The number of allylic oxidation sites excluding steroid dienone is 8. The topological polar surface area (TPSA) is 0 Å². The SMILES string of the molecule is CC[C+]=C(CC)C(=[C-]CC)CC.CC[C+]=C(CC)C(=[C-]CC)CC.[HH].[HH].[HH].[HH].[Sn].[Sn].[Ti]. The molecule has 0 saturated carbocycles. The molecule has 0 aromatic heterocycles. The van der Waals surface area contributed by atoms with Gasteiger partial charge >= 0.3 is 0 Å². The molecule has 0 saturated heterocycles. The van der Waals surface area contributed by atoms with Gasteiger partial charge < -0.3 is 0 Å². The molecule has 156 valence electrons. The predicted octanol–water partition coefficient (Wildman–Crippen LogP) is 8.39. The summed E-state index contributed by atoms with van der Waals surface area (Å²) in [5, 5.41) is 0. The van der Waals surface area contributed by atoms with Gasteiger partial charge in [0.15, 0.2) is 0 Å². The van der Waals surface area contributed by atoms with E-state index in [-0.39, 0.29) is 75.2 Å². The van der Waals surface area contributed by atoms with Gasteiger partial charge in [-0.15, -0.1) is 0 Å². The zero-order chi connectivity index (χ0) is 18.8. The van der Waals surface area contributed by atoms with Crippen LogP contribution >= 0.6 is 0 Å². The van der Waals surface area contributed by atoms with Crippen LogP contribution in [0.2, 0.25) is 0 Å². The van der Waals surface area contributed by atoms with Crippen LogP contribution in [-0.2, 0) is 21.7 Å². The van der Waals surface area contributed by atoms with Crippen molar-refractivity contribution in [2.24, 2.45) is 0 Å². The molecule has 0 aliphatic rings. The molecule has 0 spiro atoms. The van der Waals surface area contributed by atoms with Crippen molar-refractivity contribution in [1.82, 2.24) is 0 Å². The van der Waals surface area contributed by atoms with E-state index in [1.54, 1.807) is 0 Å². The van der Waals surface area contributed by atoms with Gasteiger partial charge in [0.05, 0.1) is 12.8 Å². The second kappa shape index (κ2) is 29.3. The maximum Gasteiger partial charge on any atom is 0.0649 e. The van der Waals surface area contributed by atoms with Gasteiger partial charge in [-0.2, -0.15) is 12.2 Å². The second-order valence-electron chi connectivity index (χ2n) is 5.45. The van der Waals surface area contributed by atoms with Crippen molar-refractivity contribution in [2.45, 2.75) is 107 Å². The zero-order valence-corrected chi connectivity index (χ0v) is 26.4. The quantitative estimate of drug-likeness (QED) is 0.131. The molecule has 0 aliphatic carbocycles. The summed E-state index contributed by atoms with van der Waals surface area (Å²) in [6.45, 7) is 17.3. The molecular formula is C24H48Sn2Ti. The maximum absolute atomic E-state index is 3.39. The van der Waals surface area contributed by atoms with Crippen LogP contribution in [0.15, 0.2) is 22.3 Å². The third-order valence-corrected chi connectivity index (χ3v) is 3.70. The maximum atomic E-state index is 3.39. The summed E-state index contributed by atoms with van der Waals surface area (Å²) in [5.41, 5.74) is 5.45. The van der Waals surface area contributed by atoms with Crippen molar-refractivity contribution in [3.8, 4) is 0 Å². The van der Waals surface area contributed by atoms with Gasteiger partial charge in [-0.05, 0) is 39.8 Å². The molecule has 0 aromatic carbocycles. The number of rotatable bonds is 10. The molecule has 0 nitrogen and oxygen atoms in total. The molecule has 27 heavy (non-hydrogen) atoms. The summed E-state index contributed by atoms with van der Waals surface area (Å²) >= 11 is 0. The van der Waals surface area contributed by atoms with Crippen LogP contribution in [0.25, 0.3) is 0 Å². The molecule has 0 rings (SSSR count). The van der Waals surface area contributed by atoms with Crippen LogP contribution in [0.4, 0.5) is 0 Å². The molecule has 0 aromatic rings. The van der Waals surface area contributed by atoms with Gasteiger partial charge in [-0.1, -0.05) is 64.5 Å². The molecule has 0 N–H and O–H groups in total. The molecule has 0 amide bonds. The van der Waals surface area contributed by atoms with Crippen LogP contribution < -0.4 is 0 Å². The molecule has 0 bridgehead atoms. The largest absolute Gasteiger partial charge is 0.166 e. The Bertz CT molecular complexity index is 355. The molecule has 0 fully saturated rings. The third-order valence-electron chi connectivity index (χ3n) is 3.70. The third kappa shape index (κ3) is 20.2. The summed E-state index contributed by atoms with van der Waals surface area (Å²) in [6.07, 6.45) is 21.9. The Kier molecular flexibility index (Phi) is 42.0. The van der Waals surface area contributed by atoms with Crippen molar-refractivity contribution in [3.05, 3.63) is 46.6 Å². The summed E-state index contributed by atoms with van der Waals surface area (Å²) in [7, 11) is 0. The molecule has 3 heteroatoms. The Morgan fingerprint density at radius 2 is 0.889 bits per heavy atom. The van der Waals surface area contributed by atoms with E-state index in [2.05, 4.69) is 79.7 Å². The van der Waals surface area contributed by atoms with Crippen LogP contribution in [0.3, 0.4) is 0 Å². The summed E-state index contributed by atoms with van der Waals surface area (Å²) in [6, 6.07) is 0. The first-order valence-electron chi connectivity index (χ1n) is 9.99. The van der Waals surface area contributed by atoms with E-state index < -0.39 is 0 Å². The van der Waals surface area contributed by atoms with Crippen molar-refractivity contribution < 1.29 is 27.4 Å². The number of hydrogen-bond acceptors (Lipinski definition) is 0. The van der Waals surface area contributed by atoms with Crippen LogP contribution in [-0.4, -0.2) is 47.8 Å². The van der Waals surface area contributed by atoms with Gasteiger partial charge in [0.1, 0.15) is 0 Å². The van der Waals surface area contributed by atoms with E-state index >= 15 is 0 Å². The summed E-state index contributed by atoms with van der Waals surface area (Å²) in [4.78, 5) is 0. The Labute approximate surface area is 226 Å². The van der Waals surface area contributed by atoms with E-state index in [0.29, 0.717) is 0 Å². The molecule has 0 aliphatic heterocycles. The average molecular weight is 622 g/mol. The average Bonchev–Trinajstić information content (AvgIpc) is 2.61. The Morgan fingerprint density at radius 1 is 0.593 bits per heavy atom. The van der Waals surface area contributed by atoms with E-state index in [9.17, 15) is 0 Å². The predicted molar refractivity (Wildman–Crippen MR) is 129 cm³/mol. The standard InChI is InChI=1S/2C12H20.2Sn.Ti.4H2/c2*1-5-9-11(7-3)12(8-4)10-6-2;;;;;;;/h2*5-8H2,1-4H3;;;;4*1H. The van der Waals surface area contributed by atoms with Crippen molar-refractivity contribution in [3.63, 3.8) is 0 Å². The Morgan fingerprint density at radius 3 is 1.04 bits per heavy atom. The van der Waals surface area contributed by atoms with Crippen molar-refractivity contribution in [2.75, 3.05) is 0 Å². The van der Waals surface area contributed by atoms with Crippen LogP contribution in [0.1, 0.15) is 112 Å². The van der Waals surface area contributed by atoms with Gasteiger partial charge in [-0.3, -0.25) is 0 Å². The first kappa shape index (κ1) is 38.7. The second-order valence-corrected chi connectivity index (χ2v) is 5.45. The Hall–Kier alpha value is 1.09. The summed E-state index contributed by atoms with van der Waals surface area (Å²) in [5.74, 6) is 0. The van der Waals surface area contributed by atoms with Gasteiger partial charge in [0.2, 0.25) is 0 Å². The molecule has 0 heterocycles. The molecule has 0 atom stereocenters. The fraction of sp³-hybridized carbons (Fsp3) is 0.667. The van der Waals surface area contributed by atoms with E-state index in [4.69, 9.17) is 0 Å². The van der Waals surface area contributed by atoms with E-state index in [1.165, 1.54) is 22.3 Å². The number of hydrogen-bond donors (Lipinski definition) is 0. The Balaban J connectivity index is -0.0000000364. The first-order valence-corrected chi connectivity index (χ1v) is 9.99. The van der Waals surface area contributed by atoms with E-state index in [1.807, 2.05) is 0 Å². The first-order chi connectivity index (χ1) is 11.6. The summed E-state index contributed by atoms with van der Waals surface area (Å²) < 4.78 is 0. The van der Waals surface area contributed by atoms with Crippen LogP contribution in [0.5, 0.6) is 0 Å². The van der Waals surface area contributed by atoms with Gasteiger partial charge in [-0.25, -0.2) is 0 Å². The van der Waals surface area contributed by atoms with Gasteiger partial charge in [0, 0.05) is 99.2 Å².